The molecule has 345 valence electrons. The van der Waals surface area contributed by atoms with E-state index in [1.54, 1.807) is 0 Å². The first-order chi connectivity index (χ1) is 32.9. The first-order valence-corrected chi connectivity index (χ1v) is 30.9. The Bertz CT molecular complexity index is 3410. The van der Waals surface area contributed by atoms with E-state index in [0.29, 0.717) is 0 Å². The second kappa shape index (κ2) is 20.0. The Morgan fingerprint density at radius 3 is 1.91 bits per heavy atom. The summed E-state index contributed by atoms with van der Waals surface area (Å²) in [5, 5.41) is 2.15. The van der Waals surface area contributed by atoms with Crippen molar-refractivity contribution in [3.63, 3.8) is 0 Å². The molecule has 0 aliphatic rings. The van der Waals surface area contributed by atoms with Gasteiger partial charge in [-0.3, -0.25) is 4.98 Å². The second-order valence-electron chi connectivity index (χ2n) is 20.2. The average molecular weight is 1130 g/mol. The molecule has 0 spiro atoms. The Labute approximate surface area is 422 Å². The van der Waals surface area contributed by atoms with E-state index in [2.05, 4.69) is 182 Å². The van der Waals surface area contributed by atoms with Crippen LogP contribution >= 0.6 is 0 Å². The van der Waals surface area contributed by atoms with Gasteiger partial charge in [0.2, 0.25) is 0 Å². The van der Waals surface area contributed by atoms with Crippen LogP contribution in [0.25, 0.3) is 83.6 Å². The van der Waals surface area contributed by atoms with E-state index in [4.69, 9.17) is 12.1 Å². The summed E-state index contributed by atoms with van der Waals surface area (Å²) in [4.78, 5) is 9.92. The molecule has 10 rings (SSSR count). The Morgan fingerprint density at radius 2 is 1.29 bits per heavy atom. The summed E-state index contributed by atoms with van der Waals surface area (Å²) < 4.78 is 27.8. The molecule has 3 heterocycles. The van der Waals surface area contributed by atoms with Crippen molar-refractivity contribution in [2.45, 2.75) is 83.9 Å². The summed E-state index contributed by atoms with van der Waals surface area (Å²) in [6, 6.07) is 61.3. The van der Waals surface area contributed by atoms with Crippen LogP contribution in [0.2, 0.25) is 17.3 Å². The molecule has 1 radical (unpaired) electrons. The van der Waals surface area contributed by atoms with E-state index in [0.717, 1.165) is 71.1 Å². The van der Waals surface area contributed by atoms with Gasteiger partial charge in [0.05, 0.1) is 22.4 Å². The molecule has 0 saturated carbocycles. The van der Waals surface area contributed by atoms with Crippen molar-refractivity contribution in [2.24, 2.45) is 5.41 Å². The molecule has 6 heteroatoms. The van der Waals surface area contributed by atoms with Crippen LogP contribution in [0.15, 0.2) is 168 Å². The number of hydrogen-bond donors (Lipinski definition) is 0. The Kier molecular flexibility index (Phi) is 13.5. The fourth-order valence-electron chi connectivity index (χ4n) is 9.01. The molecule has 10 aromatic rings. The van der Waals surface area contributed by atoms with Gasteiger partial charge in [0.15, 0.2) is 0 Å². The molecule has 0 fully saturated rings. The minimum absolute atomic E-state index is 0. The van der Waals surface area contributed by atoms with Crippen LogP contribution in [0, 0.1) is 17.5 Å². The van der Waals surface area contributed by atoms with Crippen LogP contribution in [0.1, 0.15) is 79.7 Å². The number of nitrogens with zero attached hydrogens (tertiary/aromatic N) is 3. The van der Waals surface area contributed by atoms with Gasteiger partial charge in [-0.05, 0) is 75.5 Å². The fraction of sp³-hybridized carbons (Fsp3) is 0.226. The van der Waals surface area contributed by atoms with Gasteiger partial charge in [-0.1, -0.05) is 124 Å². The Hall–Kier alpha value is -5.85. The molecule has 68 heavy (non-hydrogen) atoms. The van der Waals surface area contributed by atoms with Crippen molar-refractivity contribution in [2.75, 3.05) is 0 Å². The molecule has 0 saturated heterocycles. The van der Waals surface area contributed by atoms with Gasteiger partial charge in [0, 0.05) is 31.2 Å². The van der Waals surface area contributed by atoms with E-state index in [-0.39, 0.29) is 31.9 Å². The molecule has 0 bridgehead atoms. The maximum absolute atomic E-state index is 8.76. The summed E-state index contributed by atoms with van der Waals surface area (Å²) in [6.07, 6.45) is 0.502. The zero-order valence-corrected chi connectivity index (χ0v) is 45.3. The molecule has 0 amide bonds. The SMILES string of the molecule is CC(C)c1cc(-c2ccccc2)cc(C(C)C)c1-n1c(-c2[c-]ccc3c2oc2cc(-c4ccccc4)ccc23)nc2ccccc21.[2H]C([2H])(c1cc(-c2[c-]cccc2)nc[c]1[Ge]([CH3])([CH3])[CH3])C(C)(C)C.[Ir]. The quantitative estimate of drug-likeness (QED) is 0.107. The second-order valence-corrected chi connectivity index (χ2v) is 30.8. The Morgan fingerprint density at radius 1 is 0.662 bits per heavy atom. The predicted octanol–water partition coefficient (Wildman–Crippen LogP) is 16.7. The molecular weight excluding hydrogens is 1070 g/mol. The number of furan rings is 1. The summed E-state index contributed by atoms with van der Waals surface area (Å²) in [5.41, 5.74) is 15.1. The first kappa shape index (κ1) is 45.9. The van der Waals surface area contributed by atoms with Crippen molar-refractivity contribution in [1.29, 1.82) is 0 Å². The van der Waals surface area contributed by atoms with Crippen molar-refractivity contribution in [3.8, 4) is 50.6 Å². The normalized spacial score (nSPS) is 12.5. The molecule has 7 aromatic carbocycles. The summed E-state index contributed by atoms with van der Waals surface area (Å²) in [7, 11) is 0. The number of fused-ring (bicyclic) bond motifs is 4. The molecule has 0 aliphatic carbocycles. The van der Waals surface area contributed by atoms with Gasteiger partial charge in [-0.2, -0.15) is 0 Å². The van der Waals surface area contributed by atoms with E-state index in [1.165, 1.54) is 33.5 Å². The monoisotopic (exact) mass is 1130 g/mol. The minimum atomic E-state index is -2.24. The van der Waals surface area contributed by atoms with Crippen molar-refractivity contribution in [3.05, 3.63) is 193 Å². The average Bonchev–Trinajstić information content (AvgIpc) is 3.92. The number of imidazole rings is 1. The van der Waals surface area contributed by atoms with Crippen LogP contribution in [0.5, 0.6) is 0 Å². The van der Waals surface area contributed by atoms with Gasteiger partial charge in [0.1, 0.15) is 5.58 Å². The molecule has 0 N–H and O–H groups in total. The zero-order chi connectivity index (χ0) is 48.8. The van der Waals surface area contributed by atoms with Crippen molar-refractivity contribution < 1.29 is 27.3 Å². The fourth-order valence-corrected chi connectivity index (χ4v) is 11.9. The number of aromatic nitrogens is 3. The number of pyridine rings is 1. The minimum Gasteiger partial charge on any atom is 0 e. The molecular formula is C62H61GeIrN3O-2. The smallest absolute Gasteiger partial charge is 0 e. The maximum atomic E-state index is 8.76. The van der Waals surface area contributed by atoms with Gasteiger partial charge in [-0.15, -0.1) is 18.2 Å². The third-order valence-electron chi connectivity index (χ3n) is 12.3. The van der Waals surface area contributed by atoms with Gasteiger partial charge in [0.25, 0.3) is 0 Å². The van der Waals surface area contributed by atoms with E-state index in [9.17, 15) is 0 Å². The first-order valence-electron chi connectivity index (χ1n) is 24.5. The largest absolute Gasteiger partial charge is 0 e. The van der Waals surface area contributed by atoms with Crippen LogP contribution in [0.4, 0.5) is 0 Å². The van der Waals surface area contributed by atoms with E-state index < -0.39 is 25.1 Å². The van der Waals surface area contributed by atoms with E-state index >= 15 is 0 Å². The standard InChI is InChI=1S/C43H35N2O.C19H26GeN.Ir/c1-27(2)36-24-32(30-16-9-6-10-17-30)25-37(28(3)4)41(36)45-39-21-12-11-20-38(39)44-43(45)35-19-13-18-34-33-23-22-31(26-40(33)46-42(34)35)29-14-7-5-8-15-29;1-19(2,3)13-16-12-18(15-10-8-7-9-11-15)21-14-17(16)20(4,5)6;/h5-18,20-28H,1-4H3;7-10,12,14H,13H2,1-6H3;/q2*-1;/i;13D2;. The molecule has 3 aromatic heterocycles. The van der Waals surface area contributed by atoms with Crippen LogP contribution in [-0.4, -0.2) is 27.8 Å². The summed E-state index contributed by atoms with van der Waals surface area (Å²) in [6.45, 7) is 15.0. The zero-order valence-electron chi connectivity index (χ0n) is 42.8. The number of benzene rings is 7. The topological polar surface area (TPSA) is 43.9 Å². The van der Waals surface area contributed by atoms with Crippen molar-refractivity contribution in [1.82, 2.24) is 14.5 Å². The third-order valence-corrected chi connectivity index (χ3v) is 16.5. The molecule has 4 nitrogen and oxygen atoms in total. The summed E-state index contributed by atoms with van der Waals surface area (Å²) in [5.74, 6) is 8.26. The summed E-state index contributed by atoms with van der Waals surface area (Å²) >= 11 is -2.24. The van der Waals surface area contributed by atoms with Crippen LogP contribution in [0.3, 0.4) is 0 Å². The maximum Gasteiger partial charge on any atom is 0 e. The Balaban J connectivity index is 0.000000233. The molecule has 0 aliphatic heterocycles. The van der Waals surface area contributed by atoms with Crippen molar-refractivity contribution >= 4 is 50.6 Å². The number of para-hydroxylation sites is 2. The van der Waals surface area contributed by atoms with Gasteiger partial charge in [-0.25, -0.2) is 0 Å². The number of hydrogen-bond acceptors (Lipinski definition) is 3. The predicted molar refractivity (Wildman–Crippen MR) is 286 cm³/mol. The molecule has 0 unspecified atom stereocenters. The third kappa shape index (κ3) is 10.1. The van der Waals surface area contributed by atoms with Gasteiger partial charge >= 0.3 is 135 Å². The van der Waals surface area contributed by atoms with Crippen LogP contribution in [-0.2, 0) is 26.5 Å². The van der Waals surface area contributed by atoms with E-state index in [1.807, 2.05) is 69.4 Å². The molecule has 0 atom stereocenters. The van der Waals surface area contributed by atoms with Gasteiger partial charge < -0.3 is 8.98 Å². The van der Waals surface area contributed by atoms with Crippen LogP contribution < -0.4 is 4.40 Å². The number of rotatable bonds is 9.